The van der Waals surface area contributed by atoms with Crippen molar-refractivity contribution in [1.29, 1.82) is 0 Å². The number of rotatable bonds is 40. The van der Waals surface area contributed by atoms with E-state index in [1.807, 2.05) is 0 Å². The molecule has 0 spiro atoms. The van der Waals surface area contributed by atoms with Gasteiger partial charge in [0.25, 0.3) is 15.0 Å². The Hall–Kier alpha value is -11.0. The highest BCUT2D eigenvalue weighted by atomic mass is 35.7. The summed E-state index contributed by atoms with van der Waals surface area (Å²) in [7, 11) is -6.96. The third-order valence-electron chi connectivity index (χ3n) is 20.9. The Morgan fingerprint density at radius 2 is 0.780 bits per heavy atom. The lowest BCUT2D eigenvalue weighted by atomic mass is 10.0. The van der Waals surface area contributed by atoms with Crippen molar-refractivity contribution in [2.24, 2.45) is 23.5 Å². The van der Waals surface area contributed by atoms with Crippen LogP contribution in [0.3, 0.4) is 0 Å². The molecule has 3 aliphatic carbocycles. The van der Waals surface area contributed by atoms with Gasteiger partial charge in [-0.15, -0.1) is 0 Å². The molecule has 6 aromatic carbocycles. The van der Waals surface area contributed by atoms with Gasteiger partial charge in [-0.25, -0.2) is 34.8 Å². The third-order valence-corrected chi connectivity index (χ3v) is 27.4. The summed E-state index contributed by atoms with van der Waals surface area (Å²) in [4.78, 5) is 73.2. The number of carboxylic acids is 2. The quantitative estimate of drug-likeness (QED) is 0.00594. The molecule has 0 bridgehead atoms. The first-order valence-corrected chi connectivity index (χ1v) is 50.3. The summed E-state index contributed by atoms with van der Waals surface area (Å²) in [6.45, 7) is -4.03. The smallest absolute Gasteiger partial charge is 0.387 e. The summed E-state index contributed by atoms with van der Waals surface area (Å²) in [5, 5.41) is 55.7. The summed E-state index contributed by atoms with van der Waals surface area (Å²) >= 11 is 37.3. The van der Waals surface area contributed by atoms with Gasteiger partial charge in [0, 0.05) is 78.4 Å². The molecule has 3 aromatic heterocycles. The second kappa shape index (κ2) is 52.9. The van der Waals surface area contributed by atoms with Crippen molar-refractivity contribution in [2.45, 2.75) is 117 Å². The third kappa shape index (κ3) is 36.1. The summed E-state index contributed by atoms with van der Waals surface area (Å²) in [6, 6.07) is 26.6. The number of carbonyl (C=O) groups excluding carboxylic acids is 4. The molecule has 51 heteroatoms. The molecule has 14 rings (SSSR count). The lowest BCUT2D eigenvalue weighted by molar-refractivity contribution is -0.605. The molecule has 0 radical (unpaired) electrons. The van der Waals surface area contributed by atoms with Crippen LogP contribution in [0.5, 0.6) is 34.5 Å². The number of hydrogen-bond acceptors (Lipinski definition) is 28. The van der Waals surface area contributed by atoms with Crippen LogP contribution in [0.4, 0.5) is 26.3 Å². The largest absolute Gasteiger partial charge is 0.619 e. The molecule has 2 aliphatic heterocycles. The van der Waals surface area contributed by atoms with Gasteiger partial charge in [0.15, 0.2) is 81.5 Å². The molecule has 5 heterocycles. The number of ether oxygens (including phenoxy) is 11. The van der Waals surface area contributed by atoms with Crippen LogP contribution in [0.15, 0.2) is 179 Å². The zero-order chi connectivity index (χ0) is 103. The van der Waals surface area contributed by atoms with Gasteiger partial charge in [-0.2, -0.15) is 45.3 Å². The molecule has 5 fully saturated rings. The molecule has 35 nitrogen and oxygen atoms in total. The fraction of sp³-hybridized carbons (Fsp3) is 0.367. The Morgan fingerprint density at radius 3 is 1.09 bits per heavy atom. The molecular weight excluding hydrogens is 2090 g/mol. The van der Waals surface area contributed by atoms with Gasteiger partial charge < -0.3 is 93.9 Å². The van der Waals surface area contributed by atoms with Crippen LogP contribution < -0.4 is 58.4 Å². The van der Waals surface area contributed by atoms with E-state index in [0.717, 1.165) is 138 Å². The lowest BCUT2D eigenvalue weighted by Gasteiger charge is -2.26. The van der Waals surface area contributed by atoms with Crippen LogP contribution in [-0.4, -0.2) is 187 Å². The van der Waals surface area contributed by atoms with Crippen LogP contribution in [-0.2, 0) is 86.2 Å². The van der Waals surface area contributed by atoms with Gasteiger partial charge in [-0.3, -0.25) is 19.2 Å². The fourth-order valence-electron chi connectivity index (χ4n) is 13.0. The van der Waals surface area contributed by atoms with E-state index in [-0.39, 0.29) is 164 Å². The van der Waals surface area contributed by atoms with Gasteiger partial charge in [-0.1, -0.05) is 87.8 Å². The first-order chi connectivity index (χ1) is 66.9. The van der Waals surface area contributed by atoms with E-state index >= 15 is 0 Å². The highest BCUT2D eigenvalue weighted by Crippen LogP contribution is 2.43. The molecule has 3 atom stereocenters. The van der Waals surface area contributed by atoms with Crippen molar-refractivity contribution in [2.75, 3.05) is 91.3 Å². The number of aromatic nitrogens is 3. The minimum atomic E-state index is -4.24. The number of alkyl halides is 6. The molecule has 762 valence electrons. The number of sulfone groups is 1. The number of carboxylic acid groups (broad SMARTS) is 2. The molecule has 9 aromatic rings. The summed E-state index contributed by atoms with van der Waals surface area (Å²) in [6.07, 6.45) is 8.06. The molecular formula is C90H90Cl7F6N7O28S3. The van der Waals surface area contributed by atoms with Gasteiger partial charge in [0.1, 0.15) is 55.0 Å². The molecule has 1 amide bonds. The van der Waals surface area contributed by atoms with E-state index < -0.39 is 116 Å². The summed E-state index contributed by atoms with van der Waals surface area (Å²) in [5.41, 5.74) is 7.41. The number of carbonyl (C=O) groups is 6. The number of esters is 3. The van der Waals surface area contributed by atoms with Gasteiger partial charge >= 0.3 is 49.7 Å². The number of aromatic carboxylic acids is 2. The van der Waals surface area contributed by atoms with Crippen LogP contribution in [0.2, 0.25) is 30.1 Å². The number of pyridine rings is 3. The van der Waals surface area contributed by atoms with Crippen LogP contribution in [0.1, 0.15) is 128 Å². The average molecular weight is 2180 g/mol. The Labute approximate surface area is 837 Å². The molecule has 6 N–H and O–H groups in total. The zero-order valence-corrected chi connectivity index (χ0v) is 81.5. The van der Waals surface area contributed by atoms with Crippen molar-refractivity contribution < 1.29 is 157 Å². The Kier molecular flexibility index (Phi) is 42.0. The topological polar surface area (TPSA) is 481 Å². The van der Waals surface area contributed by atoms with E-state index in [4.69, 9.17) is 134 Å². The normalized spacial score (nSPS) is 14.8. The number of amides is 1. The first kappa shape index (κ1) is 112. The van der Waals surface area contributed by atoms with Crippen LogP contribution in [0.25, 0.3) is 0 Å². The summed E-state index contributed by atoms with van der Waals surface area (Å²) in [5.74, 6) is -5.42. The maximum absolute atomic E-state index is 13.1. The molecule has 2 saturated heterocycles. The SMILES string of the molecule is C1COCCN1.NCC(=O)O[C@@H](Cc1c(Cl)c[n+]([O-])cc1Cl)c1ccc(OC(F)F)c(OCC2CC2)c1.O=C(CCS(=O)(=O)c1ccc(C(=O)N2CCOCC2)cc1)O[C@@H](Cc1c(Cl)c[n+]([O-])cc1Cl)c1ccc(OC(F)F)c(OCC2CC2)c1.O=C(CNS(=O)(=O)c1ccc(C(=O)O)cc1)O[C@@H](Cc1c(Cl)c[n+]([O-])cc1Cl)c1ccc(OC(F)F)c(OCC2CC2)c1.O=C(O)c1ccc(S(=O)(=O)Cl)cc1. The van der Waals surface area contributed by atoms with E-state index in [1.165, 1.54) is 91.0 Å². The second-order valence-electron chi connectivity index (χ2n) is 31.4. The van der Waals surface area contributed by atoms with Crippen molar-refractivity contribution in [3.8, 4) is 34.5 Å². The van der Waals surface area contributed by atoms with Crippen molar-refractivity contribution >= 4 is 145 Å². The highest BCUT2D eigenvalue weighted by Gasteiger charge is 2.34. The Morgan fingerprint density at radius 1 is 0.454 bits per heavy atom. The number of nitrogens with two attached hydrogens (primary N) is 1. The minimum absolute atomic E-state index is 0.00142. The second-order valence-corrected chi connectivity index (χ2v) is 40.3. The predicted octanol–water partition coefficient (Wildman–Crippen LogP) is 14.4. The van der Waals surface area contributed by atoms with E-state index in [0.29, 0.717) is 75.3 Å². The highest BCUT2D eigenvalue weighted by molar-refractivity contribution is 8.13. The molecule has 5 aliphatic rings. The zero-order valence-electron chi connectivity index (χ0n) is 73.8. The molecule has 141 heavy (non-hydrogen) atoms. The Balaban J connectivity index is 0.000000201. The van der Waals surface area contributed by atoms with Crippen molar-refractivity contribution in [1.82, 2.24) is 14.9 Å². The number of nitrogens with zero attached hydrogens (tertiary/aromatic N) is 4. The molecule has 3 saturated carbocycles. The number of nitrogens with one attached hydrogen (secondary N) is 2. The maximum atomic E-state index is 13.1. The predicted molar refractivity (Wildman–Crippen MR) is 495 cm³/mol. The van der Waals surface area contributed by atoms with Gasteiger partial charge in [-0.05, 0) is 182 Å². The number of benzene rings is 6. The average Bonchev–Trinajstić information content (AvgIpc) is 1.68. The number of sulfonamides is 1. The van der Waals surface area contributed by atoms with Crippen molar-refractivity contribution in [3.05, 3.63) is 260 Å². The molecule has 0 unspecified atom stereocenters. The van der Waals surface area contributed by atoms with Crippen molar-refractivity contribution in [3.63, 3.8) is 0 Å². The first-order valence-electron chi connectivity index (χ1n) is 42.6. The van der Waals surface area contributed by atoms with E-state index in [9.17, 15) is 96.0 Å². The number of hydrogen-bond donors (Lipinski definition) is 5. The summed E-state index contributed by atoms with van der Waals surface area (Å²) < 4.78 is 212. The van der Waals surface area contributed by atoms with Gasteiger partial charge in [0.05, 0.1) is 90.8 Å². The number of morpholine rings is 2. The standard InChI is InChI=1S/C32H32Cl2F2N2O9S.C27H24Cl2F2N2O9S.C20H20Cl2F2N2O5.C7H5ClO4S.C4H9NO/c33-25-17-38(41)18-26(34)24(25)16-28(22-5-8-27(47-32(35)36)29(15-22)45-19-20-1-2-20)46-30(39)9-14-48(42,43)23-6-3-21(4-7-23)31(40)37-10-12-44-13-11-37;28-20-12-33(37)13-21(29)19(20)10-23(17-5-8-22(42-27(30)31)24(9-17)40-14-15-1-2-15)41-25(34)11-32-43(38,39)18-6-3-16(4-7-18)26(35)36;21-14-8-26(28)9-15(22)13(14)6-17(30-19(27)7-25)12-3-4-16(31-20(23)24)18(5-12)29-10-11-1-2-11;8-13(11,12)6-3-1-5(2-4-6)7(9)10;1-3-6-4-2-5-1/h3-8,15,17-18,20,28,32H,1-2,9-14,16,19H2;3-9,12-13,15,23,27,32H,1-2,10-11,14H2,(H,35,36);3-5,8-9,11,17,20H,1-2,6-7,10,25H2;1-4H,(H,9,10);5H,1-4H2/t28-;23-;17-;;/m000../s1. The maximum Gasteiger partial charge on any atom is 0.387 e. The monoisotopic (exact) mass is 2170 g/mol. The van der Waals surface area contributed by atoms with Crippen LogP contribution in [0, 0.1) is 33.4 Å². The van der Waals surface area contributed by atoms with E-state index in [2.05, 4.69) is 24.2 Å². The Bertz CT molecular complexity index is 6130. The lowest BCUT2D eigenvalue weighted by Crippen LogP contribution is -2.40. The van der Waals surface area contributed by atoms with Crippen LogP contribution >= 0.6 is 80.3 Å². The van der Waals surface area contributed by atoms with E-state index in [1.54, 1.807) is 4.90 Å². The minimum Gasteiger partial charge on any atom is -0.619 e. The van der Waals surface area contributed by atoms with Gasteiger partial charge in [0.2, 0.25) is 10.0 Å². The fourth-order valence-corrected chi connectivity index (χ4v) is 17.7. The number of halogens is 13.